The predicted octanol–water partition coefficient (Wildman–Crippen LogP) is 2.53. The number of benzene rings is 2. The van der Waals surface area contributed by atoms with Crippen LogP contribution in [0.5, 0.6) is 0 Å². The van der Waals surface area contributed by atoms with Gasteiger partial charge in [-0.15, -0.1) is 0 Å². The second kappa shape index (κ2) is 6.42. The number of rotatable bonds is 3. The number of halogens is 1. The molecule has 1 N–H and O–H groups in total. The van der Waals surface area contributed by atoms with Crippen LogP contribution in [0.3, 0.4) is 0 Å². The molecule has 0 aliphatic carbocycles. The van der Waals surface area contributed by atoms with Gasteiger partial charge >= 0.3 is 0 Å². The summed E-state index contributed by atoms with van der Waals surface area (Å²) in [6.07, 6.45) is 0. The molecule has 0 unspecified atom stereocenters. The Morgan fingerprint density at radius 3 is 2.42 bits per heavy atom. The van der Waals surface area contributed by atoms with E-state index >= 15 is 0 Å². The molecular formula is C19H18FN3O. The number of nitrogens with zero attached hydrogens (tertiary/aromatic N) is 2. The number of nitriles is 1. The van der Waals surface area contributed by atoms with Crippen molar-refractivity contribution < 1.29 is 9.18 Å². The fourth-order valence-corrected chi connectivity index (χ4v) is 3.06. The van der Waals surface area contributed by atoms with Crippen molar-refractivity contribution in [3.8, 4) is 17.2 Å². The van der Waals surface area contributed by atoms with Crippen molar-refractivity contribution >= 4 is 5.91 Å². The molecule has 1 fully saturated rings. The largest absolute Gasteiger partial charge is 0.347 e. The third kappa shape index (κ3) is 2.77. The molecule has 4 nitrogen and oxygen atoms in total. The van der Waals surface area contributed by atoms with Crippen LogP contribution in [0, 0.1) is 17.1 Å². The lowest BCUT2D eigenvalue weighted by molar-refractivity contribution is -0.134. The molecule has 0 saturated carbocycles. The molecule has 2 aromatic carbocycles. The second-order valence-electron chi connectivity index (χ2n) is 6.11. The summed E-state index contributed by atoms with van der Waals surface area (Å²) in [5.41, 5.74) is 2.21. The molecular weight excluding hydrogens is 305 g/mol. The first kappa shape index (κ1) is 16.2. The number of amides is 1. The van der Waals surface area contributed by atoms with Gasteiger partial charge in [0.25, 0.3) is 0 Å². The summed E-state index contributed by atoms with van der Waals surface area (Å²) in [5, 5.41) is 12.2. The molecule has 0 bridgehead atoms. The van der Waals surface area contributed by atoms with Gasteiger partial charge in [0.1, 0.15) is 11.9 Å². The van der Waals surface area contributed by atoms with Crippen molar-refractivity contribution in [3.05, 3.63) is 59.9 Å². The van der Waals surface area contributed by atoms with Crippen LogP contribution >= 0.6 is 0 Å². The molecule has 1 aliphatic rings. The summed E-state index contributed by atoms with van der Waals surface area (Å²) < 4.78 is 13.9. The van der Waals surface area contributed by atoms with Gasteiger partial charge in [0.05, 0.1) is 12.1 Å². The number of carbonyl (C=O) groups excluding carboxylic acids is 1. The van der Waals surface area contributed by atoms with E-state index in [9.17, 15) is 14.4 Å². The van der Waals surface area contributed by atoms with Gasteiger partial charge in [-0.25, -0.2) is 4.39 Å². The Hall–Kier alpha value is -2.71. The van der Waals surface area contributed by atoms with Crippen LogP contribution in [-0.2, 0) is 4.79 Å². The average Bonchev–Trinajstić information content (AvgIpc) is 2.55. The molecule has 1 amide bonds. The third-order valence-electron chi connectivity index (χ3n) is 4.40. The van der Waals surface area contributed by atoms with Crippen LogP contribution < -0.4 is 5.32 Å². The van der Waals surface area contributed by atoms with Crippen LogP contribution in [0.4, 0.5) is 4.39 Å². The summed E-state index contributed by atoms with van der Waals surface area (Å²) in [4.78, 5) is 13.7. The SMILES string of the molecule is CN(C)C(=O)[C@@H]1N[C@@H](C#N)[C@@H]1c1ccc(-c2ccccc2F)cc1. The Balaban J connectivity index is 1.88. The first-order valence-electron chi connectivity index (χ1n) is 7.74. The maximum Gasteiger partial charge on any atom is 0.239 e. The number of hydrogen-bond donors (Lipinski definition) is 1. The number of hydrogen-bond acceptors (Lipinski definition) is 3. The van der Waals surface area contributed by atoms with Crippen molar-refractivity contribution in [2.75, 3.05) is 14.1 Å². The van der Waals surface area contributed by atoms with Gasteiger partial charge in [0.2, 0.25) is 5.91 Å². The van der Waals surface area contributed by atoms with Crippen molar-refractivity contribution in [2.24, 2.45) is 0 Å². The molecule has 122 valence electrons. The van der Waals surface area contributed by atoms with Crippen molar-refractivity contribution in [1.82, 2.24) is 10.2 Å². The maximum absolute atomic E-state index is 13.9. The minimum Gasteiger partial charge on any atom is -0.347 e. The number of likely N-dealkylation sites (N-methyl/N-ethyl adjacent to an activating group) is 1. The lowest BCUT2D eigenvalue weighted by Crippen LogP contribution is -2.64. The van der Waals surface area contributed by atoms with Crippen LogP contribution in [0.15, 0.2) is 48.5 Å². The summed E-state index contributed by atoms with van der Waals surface area (Å²) in [6.45, 7) is 0. The summed E-state index contributed by atoms with van der Waals surface area (Å²) in [7, 11) is 3.39. The number of carbonyl (C=O) groups is 1. The van der Waals surface area contributed by atoms with E-state index in [-0.39, 0.29) is 17.6 Å². The van der Waals surface area contributed by atoms with E-state index in [0.717, 1.165) is 11.1 Å². The maximum atomic E-state index is 13.9. The standard InChI is InChI=1S/C19H18FN3O/c1-23(2)19(24)18-17(16(11-21)22-18)13-9-7-12(8-10-13)14-5-3-4-6-15(14)20/h3-10,16-18,22H,1-2H3/t16-,17-,18+/m0/s1. The molecule has 2 aromatic rings. The molecule has 0 radical (unpaired) electrons. The highest BCUT2D eigenvalue weighted by atomic mass is 19.1. The van der Waals surface area contributed by atoms with Crippen molar-refractivity contribution in [2.45, 2.75) is 18.0 Å². The minimum atomic E-state index is -0.399. The Morgan fingerprint density at radius 1 is 1.17 bits per heavy atom. The lowest BCUT2D eigenvalue weighted by atomic mass is 9.77. The molecule has 5 heteroatoms. The van der Waals surface area contributed by atoms with Crippen LogP contribution in [0.25, 0.3) is 11.1 Å². The highest BCUT2D eigenvalue weighted by molar-refractivity contribution is 5.84. The van der Waals surface area contributed by atoms with Gasteiger partial charge in [-0.1, -0.05) is 42.5 Å². The Labute approximate surface area is 140 Å². The molecule has 1 aliphatic heterocycles. The van der Waals surface area contributed by atoms with E-state index < -0.39 is 12.1 Å². The van der Waals surface area contributed by atoms with E-state index in [0.29, 0.717) is 5.56 Å². The zero-order chi connectivity index (χ0) is 17.3. The minimum absolute atomic E-state index is 0.0512. The molecule has 1 heterocycles. The van der Waals surface area contributed by atoms with Crippen LogP contribution in [-0.4, -0.2) is 37.0 Å². The smallest absolute Gasteiger partial charge is 0.239 e. The summed E-state index contributed by atoms with van der Waals surface area (Å²) in [5.74, 6) is -0.518. The molecule has 0 aromatic heterocycles. The molecule has 1 saturated heterocycles. The second-order valence-corrected chi connectivity index (χ2v) is 6.11. The first-order valence-corrected chi connectivity index (χ1v) is 7.74. The zero-order valence-electron chi connectivity index (χ0n) is 13.5. The highest BCUT2D eigenvalue weighted by Gasteiger charge is 2.46. The fourth-order valence-electron chi connectivity index (χ4n) is 3.06. The van der Waals surface area contributed by atoms with E-state index in [1.807, 2.05) is 24.3 Å². The summed E-state index contributed by atoms with van der Waals surface area (Å²) in [6, 6.07) is 15.4. The van der Waals surface area contributed by atoms with Gasteiger partial charge in [-0.05, 0) is 17.2 Å². The monoisotopic (exact) mass is 323 g/mol. The summed E-state index contributed by atoms with van der Waals surface area (Å²) >= 11 is 0. The van der Waals surface area contributed by atoms with E-state index in [4.69, 9.17) is 0 Å². The lowest BCUT2D eigenvalue weighted by Gasteiger charge is -2.42. The predicted molar refractivity (Wildman–Crippen MR) is 89.6 cm³/mol. The quantitative estimate of drug-likeness (QED) is 0.944. The van der Waals surface area contributed by atoms with Crippen LogP contribution in [0.2, 0.25) is 0 Å². The topological polar surface area (TPSA) is 56.1 Å². The van der Waals surface area contributed by atoms with Gasteiger partial charge in [-0.2, -0.15) is 5.26 Å². The molecule has 3 atom stereocenters. The Kier molecular flexibility index (Phi) is 4.32. The van der Waals surface area contributed by atoms with E-state index in [1.54, 1.807) is 32.3 Å². The third-order valence-corrected chi connectivity index (χ3v) is 4.40. The normalized spacial score (nSPS) is 22.3. The van der Waals surface area contributed by atoms with Gasteiger partial charge in [0.15, 0.2) is 0 Å². The van der Waals surface area contributed by atoms with E-state index in [2.05, 4.69) is 11.4 Å². The van der Waals surface area contributed by atoms with Crippen molar-refractivity contribution in [1.29, 1.82) is 5.26 Å². The fraction of sp³-hybridized carbons (Fsp3) is 0.263. The zero-order valence-corrected chi connectivity index (χ0v) is 13.5. The Bertz CT molecular complexity index is 795. The van der Waals surface area contributed by atoms with E-state index in [1.165, 1.54) is 11.0 Å². The van der Waals surface area contributed by atoms with Gasteiger partial charge in [-0.3, -0.25) is 10.1 Å². The molecule has 3 rings (SSSR count). The first-order chi connectivity index (χ1) is 11.5. The average molecular weight is 323 g/mol. The molecule has 24 heavy (non-hydrogen) atoms. The van der Waals surface area contributed by atoms with Gasteiger partial charge in [0, 0.05) is 25.6 Å². The molecule has 0 spiro atoms. The van der Waals surface area contributed by atoms with Crippen molar-refractivity contribution in [3.63, 3.8) is 0 Å². The van der Waals surface area contributed by atoms with Gasteiger partial charge < -0.3 is 4.90 Å². The van der Waals surface area contributed by atoms with Crippen LogP contribution in [0.1, 0.15) is 11.5 Å². The Morgan fingerprint density at radius 2 is 1.83 bits per heavy atom. The highest BCUT2D eigenvalue weighted by Crippen LogP contribution is 2.34. The number of nitrogens with one attached hydrogen (secondary N) is 1.